The van der Waals surface area contributed by atoms with E-state index < -0.39 is 0 Å². The van der Waals surface area contributed by atoms with Crippen molar-refractivity contribution in [2.75, 3.05) is 18.5 Å². The van der Waals surface area contributed by atoms with Gasteiger partial charge >= 0.3 is 6.01 Å². The first-order valence-corrected chi connectivity index (χ1v) is 7.36. The molecule has 0 bridgehead atoms. The van der Waals surface area contributed by atoms with Gasteiger partial charge in [-0.25, -0.2) is 0 Å². The van der Waals surface area contributed by atoms with E-state index >= 15 is 0 Å². The van der Waals surface area contributed by atoms with Crippen LogP contribution < -0.4 is 10.1 Å². The van der Waals surface area contributed by atoms with E-state index in [1.807, 2.05) is 6.92 Å². The zero-order valence-electron chi connectivity index (χ0n) is 11.6. The molecule has 0 aromatic carbocycles. The molecule has 1 rings (SSSR count). The van der Waals surface area contributed by atoms with Crippen LogP contribution in [0.1, 0.15) is 40.5 Å². The Balaban J connectivity index is 2.83. The van der Waals surface area contributed by atoms with E-state index in [2.05, 4.69) is 41.0 Å². The summed E-state index contributed by atoms with van der Waals surface area (Å²) < 4.78 is 5.48. The molecule has 1 atom stereocenters. The Hall–Kier alpha value is -1.04. The molecule has 5 nitrogen and oxygen atoms in total. The lowest BCUT2D eigenvalue weighted by Gasteiger charge is -2.10. The summed E-state index contributed by atoms with van der Waals surface area (Å²) in [6.07, 6.45) is 2.02. The molecule has 1 heterocycles. The predicted octanol–water partition coefficient (Wildman–Crippen LogP) is 2.98. The molecule has 0 aliphatic heterocycles. The fourth-order valence-electron chi connectivity index (χ4n) is 1.15. The van der Waals surface area contributed by atoms with Crippen molar-refractivity contribution in [2.24, 2.45) is 0 Å². The quantitative estimate of drug-likeness (QED) is 0.733. The van der Waals surface area contributed by atoms with Crippen LogP contribution in [-0.4, -0.2) is 33.4 Å². The Morgan fingerprint density at radius 1 is 1.22 bits per heavy atom. The first kappa shape index (κ1) is 15.0. The number of hydrogen-bond acceptors (Lipinski definition) is 6. The first-order valence-electron chi connectivity index (χ1n) is 6.48. The maximum absolute atomic E-state index is 5.48. The van der Waals surface area contributed by atoms with E-state index in [1.54, 1.807) is 11.8 Å². The predicted molar refractivity (Wildman–Crippen MR) is 75.4 cm³/mol. The second kappa shape index (κ2) is 8.13. The number of aromatic nitrogens is 3. The molecule has 0 saturated carbocycles. The Kier molecular flexibility index (Phi) is 6.78. The van der Waals surface area contributed by atoms with E-state index in [9.17, 15) is 0 Å². The molecule has 1 aromatic rings. The van der Waals surface area contributed by atoms with Gasteiger partial charge in [0.2, 0.25) is 5.95 Å². The van der Waals surface area contributed by atoms with Gasteiger partial charge < -0.3 is 10.1 Å². The minimum Gasteiger partial charge on any atom is -0.463 e. The number of hydrogen-bond donors (Lipinski definition) is 1. The van der Waals surface area contributed by atoms with Gasteiger partial charge in [-0.1, -0.05) is 32.5 Å². The van der Waals surface area contributed by atoms with Crippen LogP contribution in [0.3, 0.4) is 0 Å². The van der Waals surface area contributed by atoms with E-state index in [0.29, 0.717) is 23.8 Å². The summed E-state index contributed by atoms with van der Waals surface area (Å²) >= 11 is 1.65. The van der Waals surface area contributed by atoms with Gasteiger partial charge in [0.05, 0.1) is 6.61 Å². The summed E-state index contributed by atoms with van der Waals surface area (Å²) in [5.41, 5.74) is 0. The second-order valence-corrected chi connectivity index (χ2v) is 5.35. The van der Waals surface area contributed by atoms with Crippen molar-refractivity contribution in [1.29, 1.82) is 0 Å². The van der Waals surface area contributed by atoms with Crippen LogP contribution in [0.15, 0.2) is 5.16 Å². The Bertz CT molecular complexity index is 362. The van der Waals surface area contributed by atoms with Crippen LogP contribution in [0.25, 0.3) is 0 Å². The maximum atomic E-state index is 5.48. The lowest BCUT2D eigenvalue weighted by Crippen LogP contribution is -2.08. The second-order valence-electron chi connectivity index (χ2n) is 3.94. The van der Waals surface area contributed by atoms with Crippen molar-refractivity contribution in [1.82, 2.24) is 15.0 Å². The molecule has 0 fully saturated rings. The summed E-state index contributed by atoms with van der Waals surface area (Å²) in [7, 11) is 0. The largest absolute Gasteiger partial charge is 0.463 e. The van der Waals surface area contributed by atoms with Crippen LogP contribution in [0.4, 0.5) is 5.95 Å². The molecule has 1 N–H and O–H groups in total. The Morgan fingerprint density at radius 2 is 2.00 bits per heavy atom. The van der Waals surface area contributed by atoms with Gasteiger partial charge in [-0.2, -0.15) is 15.0 Å². The van der Waals surface area contributed by atoms with Crippen LogP contribution >= 0.6 is 11.8 Å². The zero-order valence-corrected chi connectivity index (χ0v) is 12.4. The highest BCUT2D eigenvalue weighted by molar-refractivity contribution is 7.99. The van der Waals surface area contributed by atoms with Gasteiger partial charge in [0.15, 0.2) is 5.16 Å². The zero-order chi connectivity index (χ0) is 13.4. The summed E-state index contributed by atoms with van der Waals surface area (Å²) in [6, 6.07) is 0.411. The Morgan fingerprint density at radius 3 is 2.61 bits per heavy atom. The number of rotatable bonds is 8. The molecule has 0 spiro atoms. The van der Waals surface area contributed by atoms with Crippen molar-refractivity contribution < 1.29 is 4.74 Å². The van der Waals surface area contributed by atoms with E-state index in [-0.39, 0.29) is 0 Å². The monoisotopic (exact) mass is 270 g/mol. The normalized spacial score (nSPS) is 12.2. The highest BCUT2D eigenvalue weighted by Crippen LogP contribution is 2.23. The van der Waals surface area contributed by atoms with Gasteiger partial charge in [0, 0.05) is 11.8 Å². The molecule has 0 radical (unpaired) electrons. The highest BCUT2D eigenvalue weighted by Gasteiger charge is 2.10. The number of thioether (sulfide) groups is 1. The summed E-state index contributed by atoms with van der Waals surface area (Å²) in [5, 5.41) is 4.31. The molecule has 102 valence electrons. The van der Waals surface area contributed by atoms with Gasteiger partial charge in [-0.05, 0) is 19.8 Å². The lowest BCUT2D eigenvalue weighted by atomic mass is 10.4. The van der Waals surface area contributed by atoms with Crippen molar-refractivity contribution in [3.05, 3.63) is 0 Å². The first-order chi connectivity index (χ1) is 8.69. The molecule has 18 heavy (non-hydrogen) atoms. The average molecular weight is 270 g/mol. The molecule has 1 aromatic heterocycles. The van der Waals surface area contributed by atoms with Crippen LogP contribution in [0.2, 0.25) is 0 Å². The average Bonchev–Trinajstić information content (AvgIpc) is 2.36. The smallest absolute Gasteiger partial charge is 0.322 e. The molecular weight excluding hydrogens is 248 g/mol. The fraction of sp³-hybridized carbons (Fsp3) is 0.750. The molecule has 0 aliphatic rings. The maximum Gasteiger partial charge on any atom is 0.322 e. The summed E-state index contributed by atoms with van der Waals surface area (Å²) in [6.45, 7) is 9.79. The Labute approximate surface area is 113 Å². The molecule has 1 unspecified atom stereocenters. The number of ether oxygens (including phenoxy) is 1. The number of nitrogens with one attached hydrogen (secondary N) is 1. The van der Waals surface area contributed by atoms with Gasteiger partial charge in [0.25, 0.3) is 0 Å². The van der Waals surface area contributed by atoms with Crippen molar-refractivity contribution in [2.45, 2.75) is 50.9 Å². The topological polar surface area (TPSA) is 59.9 Å². The molecule has 6 heteroatoms. The minimum absolute atomic E-state index is 0.411. The van der Waals surface area contributed by atoms with Gasteiger partial charge in [0.1, 0.15) is 0 Å². The van der Waals surface area contributed by atoms with Crippen molar-refractivity contribution in [3.8, 4) is 6.01 Å². The third kappa shape index (κ3) is 5.08. The van der Waals surface area contributed by atoms with E-state index in [1.165, 1.54) is 0 Å². The number of nitrogens with zero attached hydrogens (tertiary/aromatic N) is 3. The SMILES string of the molecule is CCCOc1nc(NCC)nc(SC(C)CC)n1. The van der Waals surface area contributed by atoms with Gasteiger partial charge in [-0.15, -0.1) is 0 Å². The number of anilines is 1. The third-order valence-electron chi connectivity index (χ3n) is 2.25. The van der Waals surface area contributed by atoms with Crippen LogP contribution in [-0.2, 0) is 0 Å². The fourth-order valence-corrected chi connectivity index (χ4v) is 1.95. The molecule has 0 aliphatic carbocycles. The summed E-state index contributed by atoms with van der Waals surface area (Å²) in [4.78, 5) is 12.9. The molecule has 0 amide bonds. The minimum atomic E-state index is 0.411. The van der Waals surface area contributed by atoms with Crippen LogP contribution in [0.5, 0.6) is 6.01 Å². The van der Waals surface area contributed by atoms with Crippen molar-refractivity contribution in [3.63, 3.8) is 0 Å². The molecule has 0 saturated heterocycles. The standard InChI is InChI=1S/C12H22N4OS/c1-5-8-17-11-14-10(13-7-3)15-12(16-11)18-9(4)6-2/h9H,5-8H2,1-4H3,(H,13,14,15,16). The van der Waals surface area contributed by atoms with Gasteiger partial charge in [-0.3, -0.25) is 0 Å². The summed E-state index contributed by atoms with van der Waals surface area (Å²) in [5.74, 6) is 0.587. The van der Waals surface area contributed by atoms with E-state index in [0.717, 1.165) is 24.5 Å². The third-order valence-corrected chi connectivity index (χ3v) is 3.38. The van der Waals surface area contributed by atoms with Crippen LogP contribution in [0, 0.1) is 0 Å². The molecular formula is C12H22N4OS. The lowest BCUT2D eigenvalue weighted by molar-refractivity contribution is 0.288. The van der Waals surface area contributed by atoms with E-state index in [4.69, 9.17) is 4.74 Å². The van der Waals surface area contributed by atoms with Crippen molar-refractivity contribution >= 4 is 17.7 Å². The highest BCUT2D eigenvalue weighted by atomic mass is 32.2.